The van der Waals surface area contributed by atoms with Gasteiger partial charge in [-0.1, -0.05) is 26.0 Å². The van der Waals surface area contributed by atoms with Crippen molar-refractivity contribution in [2.24, 2.45) is 11.0 Å². The third-order valence-corrected chi connectivity index (χ3v) is 3.41. The summed E-state index contributed by atoms with van der Waals surface area (Å²) in [6, 6.07) is 14.0. The number of hydrazone groups is 1. The van der Waals surface area contributed by atoms with Crippen molar-refractivity contribution >= 4 is 23.7 Å². The number of rotatable bonds is 6. The lowest BCUT2D eigenvalue weighted by Crippen LogP contribution is -2.19. The van der Waals surface area contributed by atoms with E-state index in [0.29, 0.717) is 17.0 Å². The Kier molecular flexibility index (Phi) is 6.28. The van der Waals surface area contributed by atoms with E-state index in [1.165, 1.54) is 6.21 Å². The van der Waals surface area contributed by atoms with Gasteiger partial charge in [0.2, 0.25) is 5.91 Å². The minimum atomic E-state index is -0.333. The highest BCUT2D eigenvalue weighted by Crippen LogP contribution is 2.12. The third kappa shape index (κ3) is 5.46. The molecule has 6 nitrogen and oxygen atoms in total. The van der Waals surface area contributed by atoms with Crippen LogP contribution < -0.4 is 15.5 Å². The van der Waals surface area contributed by atoms with E-state index in [9.17, 15) is 9.59 Å². The van der Waals surface area contributed by atoms with Gasteiger partial charge in [-0.3, -0.25) is 9.59 Å². The van der Waals surface area contributed by atoms with Crippen molar-refractivity contribution in [1.29, 1.82) is 0 Å². The molecular weight excluding hydrogens is 318 g/mol. The summed E-state index contributed by atoms with van der Waals surface area (Å²) in [6.45, 7) is 3.63. The van der Waals surface area contributed by atoms with Crippen molar-refractivity contribution in [1.82, 2.24) is 5.43 Å². The summed E-state index contributed by atoms with van der Waals surface area (Å²) in [5.41, 5.74) is 4.37. The molecule has 25 heavy (non-hydrogen) atoms. The van der Waals surface area contributed by atoms with E-state index < -0.39 is 0 Å². The van der Waals surface area contributed by atoms with Crippen LogP contribution in [0.15, 0.2) is 53.6 Å². The molecule has 2 amide bonds. The van der Waals surface area contributed by atoms with E-state index in [4.69, 9.17) is 4.74 Å². The number of benzene rings is 2. The highest BCUT2D eigenvalue weighted by atomic mass is 16.5. The number of hydrogen-bond donors (Lipinski definition) is 2. The maximum atomic E-state index is 12.1. The van der Waals surface area contributed by atoms with Gasteiger partial charge in [0.15, 0.2) is 0 Å². The molecule has 0 spiro atoms. The fraction of sp³-hybridized carbons (Fsp3) is 0.211. The fourth-order valence-electron chi connectivity index (χ4n) is 1.94. The zero-order valence-corrected chi connectivity index (χ0v) is 14.4. The van der Waals surface area contributed by atoms with Gasteiger partial charge < -0.3 is 10.1 Å². The Morgan fingerprint density at radius 1 is 1.12 bits per heavy atom. The molecule has 2 aromatic carbocycles. The van der Waals surface area contributed by atoms with E-state index in [2.05, 4.69) is 15.8 Å². The average molecular weight is 339 g/mol. The molecule has 0 heterocycles. The normalized spacial score (nSPS) is 10.7. The van der Waals surface area contributed by atoms with Gasteiger partial charge in [0, 0.05) is 17.2 Å². The minimum Gasteiger partial charge on any atom is -0.497 e. The lowest BCUT2D eigenvalue weighted by Gasteiger charge is -2.08. The van der Waals surface area contributed by atoms with Crippen molar-refractivity contribution in [3.8, 4) is 5.75 Å². The number of hydrogen-bond acceptors (Lipinski definition) is 4. The second kappa shape index (κ2) is 8.63. The van der Waals surface area contributed by atoms with Gasteiger partial charge >= 0.3 is 0 Å². The molecule has 0 aliphatic heterocycles. The molecule has 130 valence electrons. The molecule has 0 aliphatic carbocycles. The summed E-state index contributed by atoms with van der Waals surface area (Å²) in [4.78, 5) is 23.7. The number of nitrogens with zero attached hydrogens (tertiary/aromatic N) is 1. The van der Waals surface area contributed by atoms with Crippen LogP contribution in [0.2, 0.25) is 0 Å². The van der Waals surface area contributed by atoms with Gasteiger partial charge in [0.25, 0.3) is 5.91 Å². The first-order valence-corrected chi connectivity index (χ1v) is 7.88. The van der Waals surface area contributed by atoms with Crippen molar-refractivity contribution in [2.75, 3.05) is 12.4 Å². The number of nitrogens with one attached hydrogen (secondary N) is 2. The molecule has 0 saturated heterocycles. The summed E-state index contributed by atoms with van der Waals surface area (Å²) >= 11 is 0. The number of ether oxygens (including phenoxy) is 1. The SMILES string of the molecule is COc1cccc(/C=N\NC(=O)c2ccc(NC(=O)C(C)C)cc2)c1. The lowest BCUT2D eigenvalue weighted by atomic mass is 10.1. The summed E-state index contributed by atoms with van der Waals surface area (Å²) in [7, 11) is 1.59. The molecule has 0 unspecified atom stereocenters. The Hall–Kier alpha value is -3.15. The van der Waals surface area contributed by atoms with E-state index in [-0.39, 0.29) is 17.7 Å². The van der Waals surface area contributed by atoms with Crippen molar-refractivity contribution < 1.29 is 14.3 Å². The van der Waals surface area contributed by atoms with Crippen molar-refractivity contribution in [3.05, 3.63) is 59.7 Å². The highest BCUT2D eigenvalue weighted by molar-refractivity contribution is 5.96. The fourth-order valence-corrected chi connectivity index (χ4v) is 1.94. The average Bonchev–Trinajstić information content (AvgIpc) is 2.62. The van der Waals surface area contributed by atoms with Gasteiger partial charge in [0.05, 0.1) is 13.3 Å². The van der Waals surface area contributed by atoms with Crippen LogP contribution in [0.25, 0.3) is 0 Å². The Bertz CT molecular complexity index is 768. The zero-order valence-electron chi connectivity index (χ0n) is 14.4. The zero-order chi connectivity index (χ0) is 18.2. The number of amides is 2. The van der Waals surface area contributed by atoms with E-state index in [1.807, 2.05) is 38.1 Å². The van der Waals surface area contributed by atoms with Gasteiger partial charge in [-0.15, -0.1) is 0 Å². The standard InChI is InChI=1S/C19H21N3O3/c1-13(2)18(23)21-16-9-7-15(8-10-16)19(24)22-20-12-14-5-4-6-17(11-14)25-3/h4-13H,1-3H3,(H,21,23)(H,22,24)/b20-12-. The molecule has 2 rings (SSSR count). The Balaban J connectivity index is 1.94. The van der Waals surface area contributed by atoms with Crippen LogP contribution >= 0.6 is 0 Å². The first-order chi connectivity index (χ1) is 12.0. The Morgan fingerprint density at radius 3 is 2.48 bits per heavy atom. The molecule has 0 aliphatic rings. The molecule has 2 aromatic rings. The maximum Gasteiger partial charge on any atom is 0.271 e. The van der Waals surface area contributed by atoms with Crippen LogP contribution in [0.5, 0.6) is 5.75 Å². The van der Waals surface area contributed by atoms with Crippen molar-refractivity contribution in [2.45, 2.75) is 13.8 Å². The van der Waals surface area contributed by atoms with Gasteiger partial charge in [-0.2, -0.15) is 5.10 Å². The van der Waals surface area contributed by atoms with Crippen molar-refractivity contribution in [3.63, 3.8) is 0 Å². The van der Waals surface area contributed by atoms with E-state index >= 15 is 0 Å². The second-order valence-electron chi connectivity index (χ2n) is 5.70. The largest absolute Gasteiger partial charge is 0.497 e. The third-order valence-electron chi connectivity index (χ3n) is 3.41. The second-order valence-corrected chi connectivity index (χ2v) is 5.70. The number of carbonyl (C=O) groups is 2. The van der Waals surface area contributed by atoms with Crippen LogP contribution in [0.3, 0.4) is 0 Å². The summed E-state index contributed by atoms with van der Waals surface area (Å²) < 4.78 is 5.13. The minimum absolute atomic E-state index is 0.0694. The number of carbonyl (C=O) groups excluding carboxylic acids is 2. The molecular formula is C19H21N3O3. The summed E-state index contributed by atoms with van der Waals surface area (Å²) in [6.07, 6.45) is 1.54. The smallest absolute Gasteiger partial charge is 0.271 e. The quantitative estimate of drug-likeness (QED) is 0.627. The number of methoxy groups -OCH3 is 1. The van der Waals surface area contributed by atoms with Crippen LogP contribution in [0, 0.1) is 5.92 Å². The van der Waals surface area contributed by atoms with E-state index in [1.54, 1.807) is 31.4 Å². The Morgan fingerprint density at radius 2 is 1.84 bits per heavy atom. The predicted octanol–water partition coefficient (Wildman–Crippen LogP) is 3.05. The van der Waals surface area contributed by atoms with Crippen LogP contribution in [0.1, 0.15) is 29.8 Å². The highest BCUT2D eigenvalue weighted by Gasteiger charge is 2.08. The monoisotopic (exact) mass is 339 g/mol. The predicted molar refractivity (Wildman–Crippen MR) is 98.0 cm³/mol. The maximum absolute atomic E-state index is 12.1. The van der Waals surface area contributed by atoms with Gasteiger partial charge in [-0.25, -0.2) is 5.43 Å². The number of anilines is 1. The molecule has 0 aromatic heterocycles. The van der Waals surface area contributed by atoms with Gasteiger partial charge in [-0.05, 0) is 42.0 Å². The molecule has 6 heteroatoms. The first kappa shape index (κ1) is 18.2. The topological polar surface area (TPSA) is 79.8 Å². The Labute approximate surface area is 146 Å². The molecule has 0 bridgehead atoms. The van der Waals surface area contributed by atoms with E-state index in [0.717, 1.165) is 5.56 Å². The molecule has 0 radical (unpaired) electrons. The first-order valence-electron chi connectivity index (χ1n) is 7.88. The summed E-state index contributed by atoms with van der Waals surface area (Å²) in [5, 5.41) is 6.71. The summed E-state index contributed by atoms with van der Waals surface area (Å²) in [5.74, 6) is 0.212. The van der Waals surface area contributed by atoms with Crippen LogP contribution in [-0.4, -0.2) is 25.1 Å². The molecule has 0 saturated carbocycles. The van der Waals surface area contributed by atoms with Crippen LogP contribution in [-0.2, 0) is 4.79 Å². The molecule has 2 N–H and O–H groups in total. The van der Waals surface area contributed by atoms with Crippen LogP contribution in [0.4, 0.5) is 5.69 Å². The van der Waals surface area contributed by atoms with Gasteiger partial charge in [0.1, 0.15) is 5.75 Å². The molecule has 0 fully saturated rings. The molecule has 0 atom stereocenters. The lowest BCUT2D eigenvalue weighted by molar-refractivity contribution is -0.118.